The van der Waals surface area contributed by atoms with Gasteiger partial charge in [-0.3, -0.25) is 9.68 Å². The summed E-state index contributed by atoms with van der Waals surface area (Å²) in [7, 11) is 6.44. The normalized spacial score (nSPS) is 7.87. The molecule has 0 saturated carbocycles. The minimum atomic E-state index is 0. The summed E-state index contributed by atoms with van der Waals surface area (Å²) in [5.41, 5.74) is 0. The van der Waals surface area contributed by atoms with Crippen molar-refractivity contribution in [2.24, 2.45) is 0 Å². The Morgan fingerprint density at radius 1 is 0.933 bits per heavy atom. The average molecular weight is 291 g/mol. The van der Waals surface area contributed by atoms with Gasteiger partial charge in [0.15, 0.2) is 8.64 Å². The number of thiol groups is 2. The fourth-order valence-corrected chi connectivity index (χ4v) is 0.469. The summed E-state index contributed by atoms with van der Waals surface area (Å²) >= 11 is 16.8. The number of thiocarbonyl (C=S) groups is 2. The molecule has 0 radical (unpaired) electrons. The monoisotopic (exact) mass is 291 g/mol. The van der Waals surface area contributed by atoms with Crippen LogP contribution in [-0.4, -0.2) is 47.1 Å². The molecule has 0 rings (SSSR count). The molecular formula is C6H17N3O2S4. The van der Waals surface area contributed by atoms with Gasteiger partial charge in [-0.25, -0.2) is 10.1 Å². The van der Waals surface area contributed by atoms with Gasteiger partial charge in [0, 0.05) is 14.1 Å². The fourth-order valence-electron chi connectivity index (χ4n) is 0.156. The van der Waals surface area contributed by atoms with Gasteiger partial charge >= 0.3 is 0 Å². The van der Waals surface area contributed by atoms with Gasteiger partial charge in [0.1, 0.15) is 0 Å². The van der Waals surface area contributed by atoms with Gasteiger partial charge in [0.05, 0.1) is 14.2 Å². The van der Waals surface area contributed by atoms with E-state index in [4.69, 9.17) is 0 Å². The Morgan fingerprint density at radius 2 is 1.13 bits per heavy atom. The van der Waals surface area contributed by atoms with Gasteiger partial charge in [-0.15, -0.1) is 25.3 Å². The third-order valence-corrected chi connectivity index (χ3v) is 2.16. The van der Waals surface area contributed by atoms with Crippen molar-refractivity contribution < 1.29 is 9.68 Å². The maximum Gasteiger partial charge on any atom is 0.156 e. The Balaban J connectivity index is -0.000000180. The van der Waals surface area contributed by atoms with Crippen LogP contribution < -0.4 is 6.15 Å². The summed E-state index contributed by atoms with van der Waals surface area (Å²) in [6.07, 6.45) is 0. The van der Waals surface area contributed by atoms with Crippen molar-refractivity contribution in [1.82, 2.24) is 16.3 Å². The fraction of sp³-hybridized carbons (Fsp3) is 0.667. The molecule has 0 aliphatic rings. The Hall–Kier alpha value is 0.360. The van der Waals surface area contributed by atoms with Crippen LogP contribution >= 0.6 is 49.7 Å². The predicted octanol–water partition coefficient (Wildman–Crippen LogP) is 1.55. The highest BCUT2D eigenvalue weighted by Gasteiger charge is 1.91. The Labute approximate surface area is 112 Å². The summed E-state index contributed by atoms with van der Waals surface area (Å²) in [5, 5.41) is 2.77. The lowest BCUT2D eigenvalue weighted by atomic mass is 11.2. The number of nitrogens with zero attached hydrogens (tertiary/aromatic N) is 2. The first-order chi connectivity index (χ1) is 6.36. The summed E-state index contributed by atoms with van der Waals surface area (Å²) in [6, 6.07) is 0. The number of hydrogen-bond acceptors (Lipinski definition) is 5. The molecule has 0 saturated heterocycles. The second-order valence-electron chi connectivity index (χ2n) is 1.93. The zero-order valence-electron chi connectivity index (χ0n) is 9.13. The van der Waals surface area contributed by atoms with E-state index in [0.717, 1.165) is 0 Å². The molecule has 9 heteroatoms. The molecular weight excluding hydrogens is 274 g/mol. The molecule has 3 N–H and O–H groups in total. The molecule has 5 nitrogen and oxygen atoms in total. The molecule has 0 aliphatic heterocycles. The van der Waals surface area contributed by atoms with E-state index in [1.165, 1.54) is 24.3 Å². The van der Waals surface area contributed by atoms with E-state index in [-0.39, 0.29) is 6.15 Å². The second kappa shape index (κ2) is 12.4. The first-order valence-electron chi connectivity index (χ1n) is 3.38. The van der Waals surface area contributed by atoms with Crippen LogP contribution in [-0.2, 0) is 9.68 Å². The lowest BCUT2D eigenvalue weighted by molar-refractivity contribution is -0.0359. The Morgan fingerprint density at radius 3 is 1.13 bits per heavy atom. The molecule has 0 spiro atoms. The van der Waals surface area contributed by atoms with Crippen molar-refractivity contribution in [1.29, 1.82) is 0 Å². The van der Waals surface area contributed by atoms with Gasteiger partial charge < -0.3 is 6.15 Å². The molecule has 0 atom stereocenters. The van der Waals surface area contributed by atoms with E-state index >= 15 is 0 Å². The standard InChI is InChI=1S/2C3H7NOS2.H3N/c2*1-4(5-2)3(6)7;/h2*1-2H3,(H,6,7);1H3. The third-order valence-electron chi connectivity index (χ3n) is 1.09. The number of hydroxylamine groups is 4. The number of hydrogen-bond donors (Lipinski definition) is 3. The van der Waals surface area contributed by atoms with Crippen LogP contribution in [0.4, 0.5) is 0 Å². The molecule has 0 aromatic rings. The molecule has 0 bridgehead atoms. The maximum absolute atomic E-state index is 4.63. The van der Waals surface area contributed by atoms with Gasteiger partial charge in [-0.05, 0) is 0 Å². The highest BCUT2D eigenvalue weighted by Crippen LogP contribution is 1.90. The van der Waals surface area contributed by atoms with Crippen LogP contribution in [0, 0.1) is 0 Å². The first-order valence-corrected chi connectivity index (χ1v) is 5.09. The topological polar surface area (TPSA) is 59.9 Å². The molecule has 0 unspecified atom stereocenters. The van der Waals surface area contributed by atoms with Crippen LogP contribution in [0.15, 0.2) is 0 Å². The van der Waals surface area contributed by atoms with Crippen molar-refractivity contribution >= 4 is 58.3 Å². The van der Waals surface area contributed by atoms with Crippen molar-refractivity contribution in [3.8, 4) is 0 Å². The minimum Gasteiger partial charge on any atom is -0.344 e. The van der Waals surface area contributed by atoms with Gasteiger partial charge in [-0.2, -0.15) is 0 Å². The Bertz CT molecular complexity index is 173. The highest BCUT2D eigenvalue weighted by atomic mass is 32.1. The lowest BCUT2D eigenvalue weighted by Crippen LogP contribution is -2.18. The largest absolute Gasteiger partial charge is 0.344 e. The van der Waals surface area contributed by atoms with E-state index in [0.29, 0.717) is 8.64 Å². The average Bonchev–Trinajstić information content (AvgIpc) is 2.15. The highest BCUT2D eigenvalue weighted by molar-refractivity contribution is 8.11. The van der Waals surface area contributed by atoms with E-state index in [9.17, 15) is 0 Å². The van der Waals surface area contributed by atoms with Crippen molar-refractivity contribution in [3.05, 3.63) is 0 Å². The lowest BCUT2D eigenvalue weighted by Gasteiger charge is -2.10. The van der Waals surface area contributed by atoms with E-state index < -0.39 is 0 Å². The molecule has 0 heterocycles. The Kier molecular flexibility index (Phi) is 17.2. The zero-order valence-corrected chi connectivity index (χ0v) is 12.6. The quantitative estimate of drug-likeness (QED) is 0.405. The van der Waals surface area contributed by atoms with Crippen LogP contribution in [0.5, 0.6) is 0 Å². The first kappa shape index (κ1) is 20.7. The SMILES string of the molecule is CON(C)C(=S)S.CON(C)C(=S)S.N. The molecule has 0 aliphatic carbocycles. The second-order valence-corrected chi connectivity index (χ2v) is 4.15. The minimum absolute atomic E-state index is 0. The van der Waals surface area contributed by atoms with Crippen LogP contribution in [0.1, 0.15) is 0 Å². The molecule has 0 aromatic carbocycles. The predicted molar refractivity (Wildman–Crippen MR) is 77.7 cm³/mol. The number of rotatable bonds is 2. The third kappa shape index (κ3) is 14.4. The van der Waals surface area contributed by atoms with E-state index in [1.54, 1.807) is 14.1 Å². The van der Waals surface area contributed by atoms with Crippen LogP contribution in [0.2, 0.25) is 0 Å². The summed E-state index contributed by atoms with van der Waals surface area (Å²) in [5.74, 6) is 0. The summed E-state index contributed by atoms with van der Waals surface area (Å²) < 4.78 is 0.866. The molecule has 92 valence electrons. The van der Waals surface area contributed by atoms with Crippen molar-refractivity contribution in [2.45, 2.75) is 0 Å². The van der Waals surface area contributed by atoms with Crippen molar-refractivity contribution in [2.75, 3.05) is 28.3 Å². The molecule has 0 aromatic heterocycles. The van der Waals surface area contributed by atoms with Gasteiger partial charge in [0.25, 0.3) is 0 Å². The zero-order chi connectivity index (χ0) is 11.7. The molecule has 0 fully saturated rings. The van der Waals surface area contributed by atoms with Gasteiger partial charge in [-0.1, -0.05) is 24.4 Å². The van der Waals surface area contributed by atoms with Gasteiger partial charge in [0.2, 0.25) is 0 Å². The summed E-state index contributed by atoms with van der Waals surface area (Å²) in [6.45, 7) is 0. The van der Waals surface area contributed by atoms with Crippen molar-refractivity contribution in [3.63, 3.8) is 0 Å². The van der Waals surface area contributed by atoms with E-state index in [2.05, 4.69) is 59.4 Å². The smallest absolute Gasteiger partial charge is 0.156 e. The van der Waals surface area contributed by atoms with Crippen LogP contribution in [0.25, 0.3) is 0 Å². The van der Waals surface area contributed by atoms with E-state index in [1.807, 2.05) is 0 Å². The molecule has 0 amide bonds. The molecule has 15 heavy (non-hydrogen) atoms. The summed E-state index contributed by atoms with van der Waals surface area (Å²) in [4.78, 5) is 9.25. The van der Waals surface area contributed by atoms with Crippen LogP contribution in [0.3, 0.4) is 0 Å². The maximum atomic E-state index is 4.63.